The van der Waals surface area contributed by atoms with Crippen LogP contribution in [0.15, 0.2) is 24.3 Å². The van der Waals surface area contributed by atoms with Crippen molar-refractivity contribution in [3.63, 3.8) is 0 Å². The van der Waals surface area contributed by atoms with E-state index in [-0.39, 0.29) is 11.9 Å². The largest absolute Gasteiger partial charge is 0.480 e. The molecule has 2 N–H and O–H groups in total. The Morgan fingerprint density at radius 1 is 1.47 bits per heavy atom. The predicted octanol–water partition coefficient (Wildman–Crippen LogP) is 3.51. The summed E-state index contributed by atoms with van der Waals surface area (Å²) in [6, 6.07) is 6.14. The van der Waals surface area contributed by atoms with Crippen molar-refractivity contribution in [1.29, 1.82) is 0 Å². The molecule has 0 heterocycles. The van der Waals surface area contributed by atoms with Crippen LogP contribution in [0.3, 0.4) is 0 Å². The molecule has 2 atom stereocenters. The molecule has 0 saturated heterocycles. The number of benzene rings is 1. The molecule has 19 heavy (non-hydrogen) atoms. The van der Waals surface area contributed by atoms with Crippen LogP contribution < -0.4 is 5.32 Å². The van der Waals surface area contributed by atoms with Crippen LogP contribution in [0.2, 0.25) is 0 Å². The summed E-state index contributed by atoms with van der Waals surface area (Å²) in [5.74, 6) is -1.17. The Morgan fingerprint density at radius 3 is 2.63 bits per heavy atom. The van der Waals surface area contributed by atoms with E-state index in [1.54, 1.807) is 13.0 Å². The van der Waals surface area contributed by atoms with E-state index >= 15 is 0 Å². The van der Waals surface area contributed by atoms with Gasteiger partial charge in [0.2, 0.25) is 0 Å². The number of halogens is 1. The van der Waals surface area contributed by atoms with Crippen LogP contribution in [0.1, 0.15) is 51.6 Å². The first-order chi connectivity index (χ1) is 8.92. The third kappa shape index (κ3) is 4.03. The van der Waals surface area contributed by atoms with Crippen LogP contribution in [0.25, 0.3) is 0 Å². The molecule has 0 aliphatic rings. The molecule has 106 valence electrons. The zero-order valence-corrected chi connectivity index (χ0v) is 11.7. The Bertz CT molecular complexity index is 436. The minimum absolute atomic E-state index is 0.164. The van der Waals surface area contributed by atoms with E-state index in [0.29, 0.717) is 12.8 Å². The van der Waals surface area contributed by atoms with Crippen LogP contribution in [0, 0.1) is 5.82 Å². The average molecular weight is 267 g/mol. The van der Waals surface area contributed by atoms with E-state index in [1.807, 2.05) is 19.9 Å². The molecule has 2 unspecified atom stereocenters. The van der Waals surface area contributed by atoms with Gasteiger partial charge in [-0.1, -0.05) is 32.4 Å². The highest BCUT2D eigenvalue weighted by molar-refractivity contribution is 5.78. The Balaban J connectivity index is 2.95. The maximum Gasteiger partial charge on any atom is 0.323 e. The third-order valence-electron chi connectivity index (χ3n) is 3.37. The lowest BCUT2D eigenvalue weighted by atomic mass is 9.92. The number of carboxylic acids is 1. The van der Waals surface area contributed by atoms with Crippen molar-refractivity contribution in [2.45, 2.75) is 51.6 Å². The van der Waals surface area contributed by atoms with Gasteiger partial charge in [-0.15, -0.1) is 0 Å². The van der Waals surface area contributed by atoms with Gasteiger partial charge in [-0.3, -0.25) is 10.1 Å². The SMILES string of the molecule is CCCC(C)(NC(CC)c1cccc(F)c1)C(=O)O. The molecule has 1 aromatic carbocycles. The summed E-state index contributed by atoms with van der Waals surface area (Å²) in [6.45, 7) is 5.59. The van der Waals surface area contributed by atoms with Gasteiger partial charge in [-0.05, 0) is 37.5 Å². The quantitative estimate of drug-likeness (QED) is 0.794. The molecule has 1 aromatic rings. The minimum Gasteiger partial charge on any atom is -0.480 e. The Labute approximate surface area is 113 Å². The Morgan fingerprint density at radius 2 is 2.16 bits per heavy atom. The van der Waals surface area contributed by atoms with Crippen molar-refractivity contribution in [2.75, 3.05) is 0 Å². The standard InChI is InChI=1S/C15H22FNO2/c1-4-9-15(3,14(18)19)17-13(5-2)11-7-6-8-12(16)10-11/h6-8,10,13,17H,4-5,9H2,1-3H3,(H,18,19). The molecule has 0 amide bonds. The Hall–Kier alpha value is -1.42. The first-order valence-electron chi connectivity index (χ1n) is 6.69. The molecule has 0 aromatic heterocycles. The van der Waals surface area contributed by atoms with Gasteiger partial charge >= 0.3 is 5.97 Å². The summed E-state index contributed by atoms with van der Waals surface area (Å²) in [5, 5.41) is 12.5. The van der Waals surface area contributed by atoms with Gasteiger partial charge in [-0.25, -0.2) is 4.39 Å². The molecule has 0 radical (unpaired) electrons. The van der Waals surface area contributed by atoms with E-state index in [9.17, 15) is 14.3 Å². The smallest absolute Gasteiger partial charge is 0.323 e. The van der Waals surface area contributed by atoms with Gasteiger partial charge in [0.25, 0.3) is 0 Å². The van der Waals surface area contributed by atoms with Crippen LogP contribution in [0.5, 0.6) is 0 Å². The summed E-state index contributed by atoms with van der Waals surface area (Å²) < 4.78 is 13.3. The number of carboxylic acid groups (broad SMARTS) is 1. The second-order valence-electron chi connectivity index (χ2n) is 5.05. The van der Waals surface area contributed by atoms with Crippen LogP contribution >= 0.6 is 0 Å². The summed E-state index contributed by atoms with van der Waals surface area (Å²) in [4.78, 5) is 11.4. The molecular formula is C15H22FNO2. The van der Waals surface area contributed by atoms with Crippen molar-refractivity contribution in [3.05, 3.63) is 35.6 Å². The number of nitrogens with one attached hydrogen (secondary N) is 1. The average Bonchev–Trinajstić information content (AvgIpc) is 2.36. The zero-order valence-electron chi connectivity index (χ0n) is 11.7. The molecule has 0 bridgehead atoms. The highest BCUT2D eigenvalue weighted by Gasteiger charge is 2.34. The molecule has 4 heteroatoms. The molecule has 0 fully saturated rings. The number of carbonyl (C=O) groups is 1. The lowest BCUT2D eigenvalue weighted by Crippen LogP contribution is -2.50. The minimum atomic E-state index is -0.984. The highest BCUT2D eigenvalue weighted by Crippen LogP contribution is 2.23. The number of hydrogen-bond acceptors (Lipinski definition) is 2. The lowest BCUT2D eigenvalue weighted by Gasteiger charge is -2.31. The highest BCUT2D eigenvalue weighted by atomic mass is 19.1. The zero-order chi connectivity index (χ0) is 14.5. The summed E-state index contributed by atoms with van der Waals surface area (Å²) >= 11 is 0. The molecular weight excluding hydrogens is 245 g/mol. The maximum absolute atomic E-state index is 13.3. The van der Waals surface area contributed by atoms with Crippen molar-refractivity contribution in [3.8, 4) is 0 Å². The second-order valence-corrected chi connectivity index (χ2v) is 5.05. The topological polar surface area (TPSA) is 49.3 Å². The summed E-state index contributed by atoms with van der Waals surface area (Å²) in [7, 11) is 0. The van der Waals surface area contributed by atoms with E-state index in [1.165, 1.54) is 12.1 Å². The van der Waals surface area contributed by atoms with Gasteiger partial charge in [0, 0.05) is 6.04 Å². The second kappa shape index (κ2) is 6.66. The molecule has 0 aliphatic carbocycles. The van der Waals surface area contributed by atoms with Crippen molar-refractivity contribution < 1.29 is 14.3 Å². The molecule has 0 saturated carbocycles. The first kappa shape index (κ1) is 15.6. The van der Waals surface area contributed by atoms with Crippen molar-refractivity contribution in [1.82, 2.24) is 5.32 Å². The van der Waals surface area contributed by atoms with Crippen molar-refractivity contribution >= 4 is 5.97 Å². The third-order valence-corrected chi connectivity index (χ3v) is 3.37. The molecule has 0 spiro atoms. The monoisotopic (exact) mass is 267 g/mol. The number of rotatable bonds is 7. The summed E-state index contributed by atoms with van der Waals surface area (Å²) in [5.41, 5.74) is -0.201. The number of aliphatic carboxylic acids is 1. The van der Waals surface area contributed by atoms with Crippen LogP contribution in [-0.2, 0) is 4.79 Å². The van der Waals surface area contributed by atoms with E-state index < -0.39 is 11.5 Å². The van der Waals surface area contributed by atoms with E-state index in [2.05, 4.69) is 5.32 Å². The number of hydrogen-bond donors (Lipinski definition) is 2. The van der Waals surface area contributed by atoms with E-state index in [4.69, 9.17) is 0 Å². The normalized spacial score (nSPS) is 15.8. The fourth-order valence-corrected chi connectivity index (χ4v) is 2.27. The van der Waals surface area contributed by atoms with Crippen LogP contribution in [-0.4, -0.2) is 16.6 Å². The maximum atomic E-state index is 13.3. The molecule has 1 rings (SSSR count). The lowest BCUT2D eigenvalue weighted by molar-refractivity contribution is -0.144. The van der Waals surface area contributed by atoms with Gasteiger partial charge in [0.1, 0.15) is 11.4 Å². The molecule has 3 nitrogen and oxygen atoms in total. The van der Waals surface area contributed by atoms with Gasteiger partial charge < -0.3 is 5.11 Å². The predicted molar refractivity (Wildman–Crippen MR) is 73.5 cm³/mol. The van der Waals surface area contributed by atoms with Crippen LogP contribution in [0.4, 0.5) is 4.39 Å². The fourth-order valence-electron chi connectivity index (χ4n) is 2.27. The molecule has 0 aliphatic heterocycles. The first-order valence-corrected chi connectivity index (χ1v) is 6.69. The van der Waals surface area contributed by atoms with Gasteiger partial charge in [-0.2, -0.15) is 0 Å². The summed E-state index contributed by atoms with van der Waals surface area (Å²) in [6.07, 6.45) is 2.01. The van der Waals surface area contributed by atoms with E-state index in [0.717, 1.165) is 12.0 Å². The van der Waals surface area contributed by atoms with Gasteiger partial charge in [0.05, 0.1) is 0 Å². The van der Waals surface area contributed by atoms with Crippen molar-refractivity contribution in [2.24, 2.45) is 0 Å². The fraction of sp³-hybridized carbons (Fsp3) is 0.533. The Kier molecular flexibility index (Phi) is 5.48. The van der Waals surface area contributed by atoms with Gasteiger partial charge in [0.15, 0.2) is 0 Å².